The Kier molecular flexibility index (Phi) is 7.78. The van der Waals surface area contributed by atoms with Crippen LogP contribution >= 0.6 is 11.8 Å². The van der Waals surface area contributed by atoms with Gasteiger partial charge in [0.25, 0.3) is 0 Å². The Hall–Kier alpha value is -2.02. The molecule has 7 heteroatoms. The van der Waals surface area contributed by atoms with Gasteiger partial charge in [-0.2, -0.15) is 0 Å². The number of guanidine groups is 1. The van der Waals surface area contributed by atoms with Crippen molar-refractivity contribution in [2.24, 2.45) is 4.99 Å². The van der Waals surface area contributed by atoms with Crippen LogP contribution in [0, 0.1) is 6.92 Å². The normalized spacial score (nSPS) is 11.6. The monoisotopic (exact) mass is 360 g/mol. The largest absolute Gasteiger partial charge is 0.357 e. The van der Waals surface area contributed by atoms with Crippen molar-refractivity contribution in [1.82, 2.24) is 25.4 Å². The Morgan fingerprint density at radius 1 is 1.28 bits per heavy atom. The molecular formula is C18H28N6S. The fraction of sp³-hybridized carbons (Fsp3) is 0.500. The summed E-state index contributed by atoms with van der Waals surface area (Å²) >= 11 is 1.77. The first-order chi connectivity index (χ1) is 12.2. The van der Waals surface area contributed by atoms with Gasteiger partial charge in [-0.05, 0) is 37.3 Å². The first-order valence-corrected chi connectivity index (χ1v) is 9.92. The zero-order valence-corrected chi connectivity index (χ0v) is 16.4. The minimum absolute atomic E-state index is 0.665. The molecule has 0 unspecified atom stereocenters. The number of thioether (sulfide) groups is 1. The second kappa shape index (κ2) is 10.1. The number of aliphatic imine (C=N–C) groups is 1. The van der Waals surface area contributed by atoms with Gasteiger partial charge >= 0.3 is 0 Å². The summed E-state index contributed by atoms with van der Waals surface area (Å²) in [5, 5.41) is 14.8. The molecule has 0 radical (unpaired) electrons. The summed E-state index contributed by atoms with van der Waals surface area (Å²) in [5.74, 6) is 1.84. The van der Waals surface area contributed by atoms with Crippen molar-refractivity contribution >= 4 is 17.7 Å². The molecule has 1 aromatic heterocycles. The van der Waals surface area contributed by atoms with E-state index >= 15 is 0 Å². The molecule has 0 aliphatic rings. The van der Waals surface area contributed by atoms with Gasteiger partial charge in [-0.3, -0.25) is 0 Å². The molecule has 136 valence electrons. The van der Waals surface area contributed by atoms with Crippen LogP contribution in [-0.4, -0.2) is 40.1 Å². The Balaban J connectivity index is 1.96. The predicted molar refractivity (Wildman–Crippen MR) is 105 cm³/mol. The number of hydrogen-bond acceptors (Lipinski definition) is 4. The van der Waals surface area contributed by atoms with Crippen LogP contribution in [0.1, 0.15) is 30.8 Å². The summed E-state index contributed by atoms with van der Waals surface area (Å²) in [7, 11) is 0. The van der Waals surface area contributed by atoms with Crippen LogP contribution in [0.2, 0.25) is 0 Å². The van der Waals surface area contributed by atoms with E-state index in [4.69, 9.17) is 4.99 Å². The lowest BCUT2D eigenvalue weighted by Gasteiger charge is -2.13. The average molecular weight is 361 g/mol. The third-order valence-electron chi connectivity index (χ3n) is 3.85. The predicted octanol–water partition coefficient (Wildman–Crippen LogP) is 2.63. The molecule has 0 saturated heterocycles. The lowest BCUT2D eigenvalue weighted by Crippen LogP contribution is -2.38. The number of nitrogens with zero attached hydrogens (tertiary/aromatic N) is 4. The van der Waals surface area contributed by atoms with Crippen LogP contribution in [0.3, 0.4) is 0 Å². The van der Waals surface area contributed by atoms with Gasteiger partial charge in [0.2, 0.25) is 0 Å². The fourth-order valence-corrected chi connectivity index (χ4v) is 3.22. The minimum atomic E-state index is 0.665. The highest BCUT2D eigenvalue weighted by molar-refractivity contribution is 7.98. The Morgan fingerprint density at radius 3 is 2.84 bits per heavy atom. The highest BCUT2D eigenvalue weighted by atomic mass is 32.2. The van der Waals surface area contributed by atoms with Crippen LogP contribution in [0.5, 0.6) is 0 Å². The number of aromatic nitrogens is 3. The van der Waals surface area contributed by atoms with Crippen molar-refractivity contribution in [3.8, 4) is 0 Å². The maximum atomic E-state index is 4.72. The average Bonchev–Trinajstić information content (AvgIpc) is 3.07. The molecule has 0 amide bonds. The molecule has 0 bridgehead atoms. The summed E-state index contributed by atoms with van der Waals surface area (Å²) in [5.41, 5.74) is 2.53. The number of benzene rings is 1. The lowest BCUT2D eigenvalue weighted by atomic mass is 10.1. The van der Waals surface area contributed by atoms with Gasteiger partial charge in [-0.25, -0.2) is 4.99 Å². The van der Waals surface area contributed by atoms with Crippen LogP contribution in [-0.2, 0) is 19.5 Å². The second-order valence-corrected chi connectivity index (χ2v) is 6.58. The summed E-state index contributed by atoms with van der Waals surface area (Å²) in [6, 6.07) is 6.52. The molecule has 2 rings (SSSR count). The minimum Gasteiger partial charge on any atom is -0.357 e. The SMILES string of the molecule is CCNC(=NCc1ccc(C)cc1SC)NCCn1cnnc1CC. The standard InChI is InChI=1S/C18H28N6S/c1-5-17-23-22-13-24(17)10-9-20-18(19-6-2)21-12-15-8-7-14(3)11-16(15)25-4/h7-8,11,13H,5-6,9-10,12H2,1-4H3,(H2,19,20,21). The molecule has 2 N–H and O–H groups in total. The van der Waals surface area contributed by atoms with Crippen molar-refractivity contribution < 1.29 is 0 Å². The number of rotatable bonds is 8. The van der Waals surface area contributed by atoms with E-state index in [-0.39, 0.29) is 0 Å². The summed E-state index contributed by atoms with van der Waals surface area (Å²) < 4.78 is 2.07. The van der Waals surface area contributed by atoms with Crippen LogP contribution in [0.25, 0.3) is 0 Å². The highest BCUT2D eigenvalue weighted by Gasteiger charge is 2.04. The van der Waals surface area contributed by atoms with Crippen molar-refractivity contribution in [1.29, 1.82) is 0 Å². The molecule has 1 aromatic carbocycles. The Morgan fingerprint density at radius 2 is 2.12 bits per heavy atom. The van der Waals surface area contributed by atoms with Gasteiger partial charge in [-0.1, -0.05) is 19.1 Å². The smallest absolute Gasteiger partial charge is 0.191 e. The molecular weight excluding hydrogens is 332 g/mol. The van der Waals surface area contributed by atoms with E-state index in [2.05, 4.69) is 70.6 Å². The molecule has 0 atom stereocenters. The number of nitrogens with one attached hydrogen (secondary N) is 2. The fourth-order valence-electron chi connectivity index (χ4n) is 2.52. The van der Waals surface area contributed by atoms with E-state index < -0.39 is 0 Å². The molecule has 2 aromatic rings. The molecule has 0 fully saturated rings. The van der Waals surface area contributed by atoms with E-state index in [0.29, 0.717) is 6.54 Å². The Bertz CT molecular complexity index is 695. The van der Waals surface area contributed by atoms with Gasteiger partial charge in [0.05, 0.1) is 6.54 Å². The van der Waals surface area contributed by atoms with E-state index in [0.717, 1.165) is 37.8 Å². The quantitative estimate of drug-likeness (QED) is 0.430. The van der Waals surface area contributed by atoms with Crippen molar-refractivity contribution in [2.75, 3.05) is 19.3 Å². The third-order valence-corrected chi connectivity index (χ3v) is 4.67. The summed E-state index contributed by atoms with van der Waals surface area (Å²) in [4.78, 5) is 6.01. The first kappa shape index (κ1) is 19.3. The second-order valence-electron chi connectivity index (χ2n) is 5.73. The van der Waals surface area contributed by atoms with Crippen molar-refractivity contribution in [2.45, 2.75) is 45.2 Å². The topological polar surface area (TPSA) is 67.1 Å². The summed E-state index contributed by atoms with van der Waals surface area (Å²) in [6.07, 6.45) is 4.77. The molecule has 25 heavy (non-hydrogen) atoms. The van der Waals surface area contributed by atoms with Crippen molar-refractivity contribution in [3.63, 3.8) is 0 Å². The molecule has 0 aliphatic heterocycles. The van der Waals surface area contributed by atoms with E-state index in [1.807, 2.05) is 0 Å². The van der Waals surface area contributed by atoms with Crippen LogP contribution in [0.15, 0.2) is 34.4 Å². The molecule has 0 aliphatic carbocycles. The zero-order valence-electron chi connectivity index (χ0n) is 15.5. The summed E-state index contributed by atoms with van der Waals surface area (Å²) in [6.45, 7) is 9.38. The van der Waals surface area contributed by atoms with Crippen LogP contribution < -0.4 is 10.6 Å². The van der Waals surface area contributed by atoms with Crippen LogP contribution in [0.4, 0.5) is 0 Å². The maximum absolute atomic E-state index is 4.72. The Labute approximate surface area is 154 Å². The highest BCUT2D eigenvalue weighted by Crippen LogP contribution is 2.22. The zero-order chi connectivity index (χ0) is 18.1. The first-order valence-electron chi connectivity index (χ1n) is 8.70. The van der Waals surface area contributed by atoms with E-state index in [9.17, 15) is 0 Å². The molecule has 0 saturated carbocycles. The van der Waals surface area contributed by atoms with E-state index in [1.165, 1.54) is 16.0 Å². The third kappa shape index (κ3) is 5.77. The number of hydrogen-bond donors (Lipinski definition) is 2. The molecule has 0 spiro atoms. The number of aryl methyl sites for hydroxylation is 2. The van der Waals surface area contributed by atoms with Gasteiger partial charge in [0.1, 0.15) is 12.2 Å². The maximum Gasteiger partial charge on any atom is 0.191 e. The van der Waals surface area contributed by atoms with Gasteiger partial charge < -0.3 is 15.2 Å². The molecule has 1 heterocycles. The van der Waals surface area contributed by atoms with Gasteiger partial charge in [0.15, 0.2) is 5.96 Å². The molecule has 6 nitrogen and oxygen atoms in total. The van der Waals surface area contributed by atoms with Gasteiger partial charge in [-0.15, -0.1) is 22.0 Å². The van der Waals surface area contributed by atoms with E-state index in [1.54, 1.807) is 18.1 Å². The van der Waals surface area contributed by atoms with Crippen molar-refractivity contribution in [3.05, 3.63) is 41.5 Å². The lowest BCUT2D eigenvalue weighted by molar-refractivity contribution is 0.632. The van der Waals surface area contributed by atoms with Gasteiger partial charge in [0, 0.05) is 31.0 Å².